The van der Waals surface area contributed by atoms with Crippen molar-refractivity contribution in [2.24, 2.45) is 0 Å². The van der Waals surface area contributed by atoms with Gasteiger partial charge in [-0.2, -0.15) is 0 Å². The Kier molecular flexibility index (Phi) is 2.87. The Morgan fingerprint density at radius 2 is 2.08 bits per heavy atom. The molecule has 0 aromatic carbocycles. The van der Waals surface area contributed by atoms with Gasteiger partial charge < -0.3 is 0 Å². The molecule has 0 unspecified atom stereocenters. The standard InChI is InChI=1S/C12H14/c1-4-6-11-8-10(3)9-12(11)7-5-2/h4-9H,1H2,2-3H3/b7-5-,11-6-. The van der Waals surface area contributed by atoms with Gasteiger partial charge in [0.25, 0.3) is 0 Å². The molecule has 0 bridgehead atoms. The van der Waals surface area contributed by atoms with Gasteiger partial charge in [0.15, 0.2) is 0 Å². The zero-order valence-corrected chi connectivity index (χ0v) is 7.67. The van der Waals surface area contributed by atoms with Crippen LogP contribution in [0.4, 0.5) is 0 Å². The normalized spacial score (nSPS) is 20.0. The third kappa shape index (κ3) is 1.85. The lowest BCUT2D eigenvalue weighted by Crippen LogP contribution is -1.75. The first-order chi connectivity index (χ1) is 5.77. The summed E-state index contributed by atoms with van der Waals surface area (Å²) in [6.45, 7) is 7.82. The largest absolute Gasteiger partial charge is 0.0990 e. The van der Waals surface area contributed by atoms with Crippen molar-refractivity contribution in [2.45, 2.75) is 13.8 Å². The first kappa shape index (κ1) is 8.79. The van der Waals surface area contributed by atoms with Crippen LogP contribution in [0.25, 0.3) is 0 Å². The van der Waals surface area contributed by atoms with Gasteiger partial charge in [-0.3, -0.25) is 0 Å². The fourth-order valence-corrected chi connectivity index (χ4v) is 1.29. The Balaban J connectivity index is 2.97. The van der Waals surface area contributed by atoms with Gasteiger partial charge in [-0.25, -0.2) is 0 Å². The minimum Gasteiger partial charge on any atom is -0.0990 e. The Hall–Kier alpha value is -1.30. The Bertz CT molecular complexity index is 296. The zero-order valence-electron chi connectivity index (χ0n) is 7.67. The van der Waals surface area contributed by atoms with E-state index in [1.807, 2.05) is 19.1 Å². The van der Waals surface area contributed by atoms with Crippen molar-refractivity contribution in [2.75, 3.05) is 0 Å². The lowest BCUT2D eigenvalue weighted by molar-refractivity contribution is 1.56. The van der Waals surface area contributed by atoms with Crippen LogP contribution in [0.2, 0.25) is 0 Å². The molecule has 0 N–H and O–H groups in total. The van der Waals surface area contributed by atoms with E-state index in [1.54, 1.807) is 0 Å². The van der Waals surface area contributed by atoms with Crippen LogP contribution in [0.1, 0.15) is 13.8 Å². The summed E-state index contributed by atoms with van der Waals surface area (Å²) < 4.78 is 0. The second-order valence-corrected chi connectivity index (χ2v) is 2.85. The van der Waals surface area contributed by atoms with Crippen LogP contribution in [-0.4, -0.2) is 0 Å². The van der Waals surface area contributed by atoms with Crippen LogP contribution in [0, 0.1) is 0 Å². The second kappa shape index (κ2) is 3.91. The number of rotatable bonds is 2. The van der Waals surface area contributed by atoms with Gasteiger partial charge in [0.1, 0.15) is 0 Å². The van der Waals surface area contributed by atoms with Crippen molar-refractivity contribution in [3.8, 4) is 0 Å². The minimum atomic E-state index is 1.25. The van der Waals surface area contributed by atoms with Gasteiger partial charge in [0, 0.05) is 0 Å². The summed E-state index contributed by atoms with van der Waals surface area (Å²) in [5.74, 6) is 0. The molecule has 0 saturated heterocycles. The Morgan fingerprint density at radius 1 is 1.33 bits per heavy atom. The van der Waals surface area contributed by atoms with Gasteiger partial charge in [-0.15, -0.1) is 0 Å². The van der Waals surface area contributed by atoms with Crippen molar-refractivity contribution in [3.63, 3.8) is 0 Å². The van der Waals surface area contributed by atoms with Gasteiger partial charge in [0.05, 0.1) is 0 Å². The Morgan fingerprint density at radius 3 is 2.67 bits per heavy atom. The zero-order chi connectivity index (χ0) is 8.97. The van der Waals surface area contributed by atoms with E-state index in [0.717, 1.165) is 0 Å². The predicted molar refractivity (Wildman–Crippen MR) is 54.9 cm³/mol. The van der Waals surface area contributed by atoms with Crippen LogP contribution in [0.5, 0.6) is 0 Å². The number of allylic oxidation sites excluding steroid dienone is 9. The Labute approximate surface area is 74.3 Å². The maximum absolute atomic E-state index is 3.69. The van der Waals surface area contributed by atoms with E-state index in [-0.39, 0.29) is 0 Å². The molecule has 0 aliphatic heterocycles. The molecule has 0 saturated carbocycles. The third-order valence-corrected chi connectivity index (χ3v) is 1.74. The highest BCUT2D eigenvalue weighted by Gasteiger charge is 2.04. The molecule has 0 spiro atoms. The SMILES string of the molecule is C=C/C=C1/C=C(C)C=C1/C=C\C. The van der Waals surface area contributed by atoms with Gasteiger partial charge in [-0.05, 0) is 30.6 Å². The quantitative estimate of drug-likeness (QED) is 0.576. The molecule has 0 aromatic rings. The van der Waals surface area contributed by atoms with Gasteiger partial charge >= 0.3 is 0 Å². The van der Waals surface area contributed by atoms with Crippen molar-refractivity contribution in [3.05, 3.63) is 59.8 Å². The number of hydrogen-bond acceptors (Lipinski definition) is 0. The summed E-state index contributed by atoms with van der Waals surface area (Å²) in [4.78, 5) is 0. The van der Waals surface area contributed by atoms with Crippen LogP contribution in [0.3, 0.4) is 0 Å². The molecule has 12 heavy (non-hydrogen) atoms. The average Bonchev–Trinajstić information content (AvgIpc) is 2.33. The summed E-state index contributed by atoms with van der Waals surface area (Å²) >= 11 is 0. The molecule has 0 nitrogen and oxygen atoms in total. The van der Waals surface area contributed by atoms with Crippen molar-refractivity contribution < 1.29 is 0 Å². The van der Waals surface area contributed by atoms with Crippen LogP contribution in [-0.2, 0) is 0 Å². The topological polar surface area (TPSA) is 0 Å². The molecule has 0 heterocycles. The minimum absolute atomic E-state index is 1.25. The highest BCUT2D eigenvalue weighted by molar-refractivity contribution is 5.57. The predicted octanol–water partition coefficient (Wildman–Crippen LogP) is 3.56. The second-order valence-electron chi connectivity index (χ2n) is 2.85. The van der Waals surface area contributed by atoms with E-state index >= 15 is 0 Å². The average molecular weight is 158 g/mol. The fraction of sp³-hybridized carbons (Fsp3) is 0.167. The summed E-state index contributed by atoms with van der Waals surface area (Å²) in [5.41, 5.74) is 3.83. The first-order valence-electron chi connectivity index (χ1n) is 4.13. The number of hydrogen-bond donors (Lipinski definition) is 0. The van der Waals surface area contributed by atoms with Crippen LogP contribution in [0.15, 0.2) is 59.8 Å². The summed E-state index contributed by atoms with van der Waals surface area (Å²) in [6.07, 6.45) is 12.4. The lowest BCUT2D eigenvalue weighted by atomic mass is 10.1. The van der Waals surface area contributed by atoms with E-state index in [4.69, 9.17) is 0 Å². The molecule has 62 valence electrons. The summed E-state index contributed by atoms with van der Waals surface area (Å²) in [7, 11) is 0. The highest BCUT2D eigenvalue weighted by Crippen LogP contribution is 2.24. The lowest BCUT2D eigenvalue weighted by Gasteiger charge is -1.94. The van der Waals surface area contributed by atoms with Crippen molar-refractivity contribution >= 4 is 0 Å². The first-order valence-corrected chi connectivity index (χ1v) is 4.13. The van der Waals surface area contributed by atoms with Crippen molar-refractivity contribution in [1.82, 2.24) is 0 Å². The molecule has 0 heteroatoms. The van der Waals surface area contributed by atoms with E-state index in [0.29, 0.717) is 0 Å². The molecular formula is C12H14. The molecular weight excluding hydrogens is 144 g/mol. The fourth-order valence-electron chi connectivity index (χ4n) is 1.29. The smallest absolute Gasteiger partial charge is 0.0182 e. The molecule has 0 amide bonds. The van der Waals surface area contributed by atoms with Gasteiger partial charge in [0.2, 0.25) is 0 Å². The maximum atomic E-state index is 3.69. The third-order valence-electron chi connectivity index (χ3n) is 1.74. The summed E-state index contributed by atoms with van der Waals surface area (Å²) in [6, 6.07) is 0. The highest BCUT2D eigenvalue weighted by atomic mass is 14.1. The van der Waals surface area contributed by atoms with E-state index in [1.165, 1.54) is 16.7 Å². The molecule has 1 rings (SSSR count). The van der Waals surface area contributed by atoms with Gasteiger partial charge in [-0.1, -0.05) is 43.0 Å². The monoisotopic (exact) mass is 158 g/mol. The molecule has 0 aromatic heterocycles. The summed E-state index contributed by atoms with van der Waals surface area (Å²) in [5, 5.41) is 0. The molecule has 0 radical (unpaired) electrons. The van der Waals surface area contributed by atoms with E-state index < -0.39 is 0 Å². The molecule has 1 aliphatic carbocycles. The van der Waals surface area contributed by atoms with Crippen LogP contribution >= 0.6 is 0 Å². The van der Waals surface area contributed by atoms with E-state index in [9.17, 15) is 0 Å². The van der Waals surface area contributed by atoms with Crippen LogP contribution < -0.4 is 0 Å². The van der Waals surface area contributed by atoms with E-state index in [2.05, 4.69) is 37.8 Å². The maximum Gasteiger partial charge on any atom is -0.0182 e. The van der Waals surface area contributed by atoms with Crippen molar-refractivity contribution in [1.29, 1.82) is 0 Å². The molecule has 0 atom stereocenters. The molecule has 0 fully saturated rings. The molecule has 1 aliphatic rings.